The van der Waals surface area contributed by atoms with Crippen molar-refractivity contribution in [3.63, 3.8) is 0 Å². The number of nitrogens with one attached hydrogen (secondary N) is 1. The first-order chi connectivity index (χ1) is 8.90. The Bertz CT molecular complexity index is 528. The minimum absolute atomic E-state index is 0.618. The van der Waals surface area contributed by atoms with Gasteiger partial charge in [0.05, 0.1) is 0 Å². The first-order valence-electron chi connectivity index (χ1n) is 6.52. The molecule has 2 aromatic rings. The second kappa shape index (κ2) is 4.90. The lowest BCUT2D eigenvalue weighted by atomic mass is 10.0. The van der Waals surface area contributed by atoms with Crippen molar-refractivity contribution < 1.29 is 0 Å². The van der Waals surface area contributed by atoms with Gasteiger partial charge in [0.1, 0.15) is 6.33 Å². The van der Waals surface area contributed by atoms with Crippen LogP contribution >= 0.6 is 0 Å². The molecule has 1 N–H and O–H groups in total. The van der Waals surface area contributed by atoms with Crippen molar-refractivity contribution in [2.24, 2.45) is 0 Å². The van der Waals surface area contributed by atoms with E-state index in [2.05, 4.69) is 44.3 Å². The van der Waals surface area contributed by atoms with Crippen molar-refractivity contribution >= 4 is 0 Å². The SMILES string of the molecule is CNCCc1ccccc1-c1nncn1C1CC1. The maximum Gasteiger partial charge on any atom is 0.164 e. The highest BCUT2D eigenvalue weighted by Crippen LogP contribution is 2.38. The minimum atomic E-state index is 0.618. The van der Waals surface area contributed by atoms with E-state index in [9.17, 15) is 0 Å². The molecule has 1 saturated carbocycles. The number of nitrogens with zero attached hydrogens (tertiary/aromatic N) is 3. The Hall–Kier alpha value is -1.68. The van der Waals surface area contributed by atoms with Gasteiger partial charge >= 0.3 is 0 Å². The summed E-state index contributed by atoms with van der Waals surface area (Å²) in [5, 5.41) is 11.6. The summed E-state index contributed by atoms with van der Waals surface area (Å²) in [6, 6.07) is 9.11. The number of hydrogen-bond acceptors (Lipinski definition) is 3. The third-order valence-electron chi connectivity index (χ3n) is 3.42. The zero-order chi connectivity index (χ0) is 12.4. The molecule has 4 heteroatoms. The lowest BCUT2D eigenvalue weighted by Crippen LogP contribution is -2.11. The molecule has 1 aromatic heterocycles. The van der Waals surface area contributed by atoms with Crippen molar-refractivity contribution in [3.8, 4) is 11.4 Å². The molecule has 18 heavy (non-hydrogen) atoms. The van der Waals surface area contributed by atoms with Crippen LogP contribution in [-0.4, -0.2) is 28.4 Å². The molecule has 0 amide bonds. The third-order valence-corrected chi connectivity index (χ3v) is 3.42. The zero-order valence-corrected chi connectivity index (χ0v) is 10.6. The molecule has 0 bridgehead atoms. The van der Waals surface area contributed by atoms with Gasteiger partial charge < -0.3 is 9.88 Å². The maximum absolute atomic E-state index is 4.31. The van der Waals surface area contributed by atoms with Crippen LogP contribution in [0.15, 0.2) is 30.6 Å². The molecule has 94 valence electrons. The van der Waals surface area contributed by atoms with Gasteiger partial charge in [-0.05, 0) is 38.4 Å². The van der Waals surface area contributed by atoms with E-state index in [1.54, 1.807) is 0 Å². The molecule has 0 unspecified atom stereocenters. The van der Waals surface area contributed by atoms with Gasteiger partial charge in [-0.15, -0.1) is 10.2 Å². The fraction of sp³-hybridized carbons (Fsp3) is 0.429. The van der Waals surface area contributed by atoms with Crippen molar-refractivity contribution in [2.75, 3.05) is 13.6 Å². The largest absolute Gasteiger partial charge is 0.319 e. The van der Waals surface area contributed by atoms with E-state index < -0.39 is 0 Å². The molecule has 3 rings (SSSR count). The van der Waals surface area contributed by atoms with Crippen LogP contribution in [0.1, 0.15) is 24.4 Å². The van der Waals surface area contributed by atoms with Crippen LogP contribution in [0.2, 0.25) is 0 Å². The predicted octanol–water partition coefficient (Wildman–Crippen LogP) is 2.04. The lowest BCUT2D eigenvalue weighted by Gasteiger charge is -2.10. The van der Waals surface area contributed by atoms with E-state index >= 15 is 0 Å². The van der Waals surface area contributed by atoms with Gasteiger partial charge in [0, 0.05) is 11.6 Å². The Morgan fingerprint density at radius 2 is 2.17 bits per heavy atom. The molecule has 1 aliphatic rings. The Labute approximate surface area is 107 Å². The molecule has 1 aliphatic carbocycles. The van der Waals surface area contributed by atoms with E-state index in [0.29, 0.717) is 6.04 Å². The summed E-state index contributed by atoms with van der Waals surface area (Å²) in [5.41, 5.74) is 2.55. The normalized spacial score (nSPS) is 14.9. The molecule has 0 aliphatic heterocycles. The summed E-state index contributed by atoms with van der Waals surface area (Å²) in [4.78, 5) is 0. The zero-order valence-electron chi connectivity index (χ0n) is 10.6. The quantitative estimate of drug-likeness (QED) is 0.872. The molecule has 0 radical (unpaired) electrons. The summed E-state index contributed by atoms with van der Waals surface area (Å²) in [6.45, 7) is 0.981. The van der Waals surface area contributed by atoms with Crippen LogP contribution in [0.3, 0.4) is 0 Å². The number of likely N-dealkylation sites (N-methyl/N-ethyl adjacent to an activating group) is 1. The molecule has 4 nitrogen and oxygen atoms in total. The molecule has 1 aromatic carbocycles. The first-order valence-corrected chi connectivity index (χ1v) is 6.52. The van der Waals surface area contributed by atoms with E-state index in [1.807, 2.05) is 13.4 Å². The van der Waals surface area contributed by atoms with E-state index in [4.69, 9.17) is 0 Å². The van der Waals surface area contributed by atoms with Gasteiger partial charge in [-0.2, -0.15) is 0 Å². The van der Waals surface area contributed by atoms with Crippen molar-refractivity contribution in [1.82, 2.24) is 20.1 Å². The second-order valence-electron chi connectivity index (χ2n) is 4.80. The summed E-state index contributed by atoms with van der Waals surface area (Å²) in [7, 11) is 1.98. The fourth-order valence-electron chi connectivity index (χ4n) is 2.27. The van der Waals surface area contributed by atoms with Gasteiger partial charge in [0.15, 0.2) is 5.82 Å². The highest BCUT2D eigenvalue weighted by Gasteiger charge is 2.27. The number of hydrogen-bond donors (Lipinski definition) is 1. The standard InChI is InChI=1S/C14H18N4/c1-15-9-8-11-4-2-3-5-13(11)14-17-16-10-18(14)12-6-7-12/h2-5,10,12,15H,6-9H2,1H3. The first kappa shape index (κ1) is 11.4. The summed E-state index contributed by atoms with van der Waals surface area (Å²) in [6.07, 6.45) is 5.39. The maximum atomic E-state index is 4.31. The van der Waals surface area contributed by atoms with Crippen molar-refractivity contribution in [1.29, 1.82) is 0 Å². The molecular weight excluding hydrogens is 224 g/mol. The van der Waals surface area contributed by atoms with E-state index in [0.717, 1.165) is 18.8 Å². The van der Waals surface area contributed by atoms with Crippen LogP contribution in [0.5, 0.6) is 0 Å². The second-order valence-corrected chi connectivity index (χ2v) is 4.80. The van der Waals surface area contributed by atoms with E-state index in [1.165, 1.54) is 24.0 Å². The topological polar surface area (TPSA) is 42.7 Å². The highest BCUT2D eigenvalue weighted by atomic mass is 15.3. The van der Waals surface area contributed by atoms with Gasteiger partial charge in [-0.25, -0.2) is 0 Å². The van der Waals surface area contributed by atoms with Crippen LogP contribution < -0.4 is 5.32 Å². The Kier molecular flexibility index (Phi) is 3.11. The molecular formula is C14H18N4. The van der Waals surface area contributed by atoms with Crippen LogP contribution in [-0.2, 0) is 6.42 Å². The highest BCUT2D eigenvalue weighted by molar-refractivity contribution is 5.60. The monoisotopic (exact) mass is 242 g/mol. The smallest absolute Gasteiger partial charge is 0.164 e. The summed E-state index contributed by atoms with van der Waals surface area (Å²) in [5.74, 6) is 1.02. The summed E-state index contributed by atoms with van der Waals surface area (Å²) < 4.78 is 2.22. The van der Waals surface area contributed by atoms with Crippen LogP contribution in [0.4, 0.5) is 0 Å². The third kappa shape index (κ3) is 2.16. The van der Waals surface area contributed by atoms with Crippen molar-refractivity contribution in [2.45, 2.75) is 25.3 Å². The average molecular weight is 242 g/mol. The number of rotatable bonds is 5. The lowest BCUT2D eigenvalue weighted by molar-refractivity contribution is 0.743. The molecule has 1 heterocycles. The van der Waals surface area contributed by atoms with Gasteiger partial charge in [-0.1, -0.05) is 24.3 Å². The average Bonchev–Trinajstić information content (AvgIpc) is 3.14. The van der Waals surface area contributed by atoms with Gasteiger partial charge in [0.25, 0.3) is 0 Å². The van der Waals surface area contributed by atoms with Gasteiger partial charge in [0.2, 0.25) is 0 Å². The molecule has 0 spiro atoms. The molecule has 1 fully saturated rings. The fourth-order valence-corrected chi connectivity index (χ4v) is 2.27. The van der Waals surface area contributed by atoms with Gasteiger partial charge in [-0.3, -0.25) is 0 Å². The molecule has 0 atom stereocenters. The van der Waals surface area contributed by atoms with Crippen molar-refractivity contribution in [3.05, 3.63) is 36.2 Å². The minimum Gasteiger partial charge on any atom is -0.319 e. The van der Waals surface area contributed by atoms with Crippen LogP contribution in [0.25, 0.3) is 11.4 Å². The Balaban J connectivity index is 1.97. The summed E-state index contributed by atoms with van der Waals surface area (Å²) >= 11 is 0. The number of benzene rings is 1. The predicted molar refractivity (Wildman–Crippen MR) is 71.4 cm³/mol. The Morgan fingerprint density at radius 1 is 1.33 bits per heavy atom. The Morgan fingerprint density at radius 3 is 2.94 bits per heavy atom. The molecule has 0 saturated heterocycles. The number of aromatic nitrogens is 3. The van der Waals surface area contributed by atoms with Crippen LogP contribution in [0, 0.1) is 0 Å². The van der Waals surface area contributed by atoms with E-state index in [-0.39, 0.29) is 0 Å².